The number of primary amides is 2. The number of benzene rings is 2. The van der Waals surface area contributed by atoms with Crippen molar-refractivity contribution in [1.29, 1.82) is 0 Å². The molecular weight excluding hydrogens is 438 g/mol. The van der Waals surface area contributed by atoms with Crippen molar-refractivity contribution in [2.24, 2.45) is 11.5 Å². The number of hydrogen-bond donors (Lipinski definition) is 2. The van der Waals surface area contributed by atoms with Crippen molar-refractivity contribution in [2.75, 3.05) is 19.1 Å². The number of nitrogens with zero attached hydrogens (tertiary/aromatic N) is 1. The first kappa shape index (κ1) is 24.5. The van der Waals surface area contributed by atoms with Gasteiger partial charge in [0.05, 0.1) is 25.3 Å². The predicted octanol–water partition coefficient (Wildman–Crippen LogP) is 2.06. The second-order valence-electron chi connectivity index (χ2n) is 7.96. The Morgan fingerprint density at radius 3 is 2.15 bits per heavy atom. The van der Waals surface area contributed by atoms with Gasteiger partial charge in [-0.3, -0.25) is 19.2 Å². The van der Waals surface area contributed by atoms with E-state index in [1.54, 1.807) is 48.5 Å². The predicted molar refractivity (Wildman–Crippen MR) is 126 cm³/mol. The standard InChI is InChI=1S/C25H27N3O6/c1-33-19-9-7-16(15-20(19)34-2)8-10-23(31)28-18-6-4-3-5-17(18)25(24(28)32,13-11-21(26)29)14-12-22(27)30/h3-10,15H,11-14H2,1-2H3,(H2,26,29)(H2,27,30). The lowest BCUT2D eigenvalue weighted by atomic mass is 9.74. The zero-order valence-electron chi connectivity index (χ0n) is 19.1. The van der Waals surface area contributed by atoms with E-state index < -0.39 is 29.0 Å². The van der Waals surface area contributed by atoms with Gasteiger partial charge in [-0.15, -0.1) is 0 Å². The largest absolute Gasteiger partial charge is 0.493 e. The third-order valence-electron chi connectivity index (χ3n) is 5.92. The maximum Gasteiger partial charge on any atom is 0.257 e. The van der Waals surface area contributed by atoms with Gasteiger partial charge in [-0.1, -0.05) is 24.3 Å². The Bertz CT molecular complexity index is 1140. The third kappa shape index (κ3) is 4.78. The number of para-hydroxylation sites is 1. The smallest absolute Gasteiger partial charge is 0.257 e. The maximum atomic E-state index is 13.7. The molecule has 0 radical (unpaired) electrons. The average Bonchev–Trinajstić information content (AvgIpc) is 3.07. The second kappa shape index (κ2) is 10.2. The van der Waals surface area contributed by atoms with Crippen LogP contribution in [-0.2, 0) is 24.6 Å². The van der Waals surface area contributed by atoms with E-state index in [0.29, 0.717) is 28.3 Å². The number of imide groups is 1. The van der Waals surface area contributed by atoms with Gasteiger partial charge in [0, 0.05) is 18.9 Å². The molecule has 0 unspecified atom stereocenters. The molecule has 0 spiro atoms. The molecule has 0 aliphatic carbocycles. The van der Waals surface area contributed by atoms with Gasteiger partial charge in [0.1, 0.15) is 0 Å². The summed E-state index contributed by atoms with van der Waals surface area (Å²) in [4.78, 5) is 51.0. The Morgan fingerprint density at radius 2 is 1.56 bits per heavy atom. The maximum absolute atomic E-state index is 13.7. The van der Waals surface area contributed by atoms with Crippen molar-refractivity contribution in [1.82, 2.24) is 0 Å². The SMILES string of the molecule is COc1ccc(C=CC(=O)N2C(=O)C(CCC(N)=O)(CCC(N)=O)c3ccccc32)cc1OC. The zero-order valence-corrected chi connectivity index (χ0v) is 19.1. The number of carbonyl (C=O) groups excluding carboxylic acids is 4. The van der Waals surface area contributed by atoms with Crippen LogP contribution in [-0.4, -0.2) is 37.8 Å². The summed E-state index contributed by atoms with van der Waals surface area (Å²) in [6.07, 6.45) is 2.81. The highest BCUT2D eigenvalue weighted by Crippen LogP contribution is 2.47. The number of hydrogen-bond acceptors (Lipinski definition) is 6. The number of rotatable bonds is 10. The van der Waals surface area contributed by atoms with E-state index in [2.05, 4.69) is 0 Å². The fraction of sp³-hybridized carbons (Fsp3) is 0.280. The lowest BCUT2D eigenvalue weighted by molar-refractivity contribution is -0.128. The van der Waals surface area contributed by atoms with Gasteiger partial charge in [-0.05, 0) is 48.2 Å². The molecule has 34 heavy (non-hydrogen) atoms. The summed E-state index contributed by atoms with van der Waals surface area (Å²) < 4.78 is 10.5. The number of ether oxygens (including phenoxy) is 2. The highest BCUT2D eigenvalue weighted by molar-refractivity contribution is 6.26. The Labute approximate surface area is 197 Å². The molecule has 0 bridgehead atoms. The molecule has 1 aliphatic heterocycles. The lowest BCUT2D eigenvalue weighted by Gasteiger charge is -2.27. The van der Waals surface area contributed by atoms with Crippen molar-refractivity contribution in [2.45, 2.75) is 31.1 Å². The average molecular weight is 466 g/mol. The highest BCUT2D eigenvalue weighted by atomic mass is 16.5. The molecule has 3 rings (SSSR count). The fourth-order valence-corrected chi connectivity index (χ4v) is 4.21. The van der Waals surface area contributed by atoms with E-state index in [9.17, 15) is 19.2 Å². The Kier molecular flexibility index (Phi) is 7.35. The third-order valence-corrected chi connectivity index (χ3v) is 5.92. The Morgan fingerprint density at radius 1 is 0.941 bits per heavy atom. The van der Waals surface area contributed by atoms with E-state index in [1.807, 2.05) is 0 Å². The molecule has 0 saturated heterocycles. The molecule has 2 aromatic rings. The van der Waals surface area contributed by atoms with E-state index in [1.165, 1.54) is 20.3 Å². The first-order valence-electron chi connectivity index (χ1n) is 10.7. The van der Waals surface area contributed by atoms with E-state index >= 15 is 0 Å². The van der Waals surface area contributed by atoms with Crippen LogP contribution >= 0.6 is 0 Å². The van der Waals surface area contributed by atoms with Crippen LogP contribution in [0.15, 0.2) is 48.5 Å². The van der Waals surface area contributed by atoms with Gasteiger partial charge in [0.15, 0.2) is 11.5 Å². The lowest BCUT2D eigenvalue weighted by Crippen LogP contribution is -2.44. The van der Waals surface area contributed by atoms with E-state index in [4.69, 9.17) is 20.9 Å². The Hall–Kier alpha value is -4.14. The molecule has 9 heteroatoms. The number of carbonyl (C=O) groups is 4. The van der Waals surface area contributed by atoms with Gasteiger partial charge in [0.2, 0.25) is 17.7 Å². The van der Waals surface area contributed by atoms with Crippen molar-refractivity contribution in [3.05, 3.63) is 59.7 Å². The summed E-state index contributed by atoms with van der Waals surface area (Å²) >= 11 is 0. The number of anilines is 1. The quantitative estimate of drug-likeness (QED) is 0.514. The second-order valence-corrected chi connectivity index (χ2v) is 7.96. The van der Waals surface area contributed by atoms with Gasteiger partial charge < -0.3 is 20.9 Å². The summed E-state index contributed by atoms with van der Waals surface area (Å²) in [5.74, 6) is -1.20. The molecule has 0 fully saturated rings. The normalized spacial score (nSPS) is 14.2. The molecule has 4 amide bonds. The van der Waals surface area contributed by atoms with Crippen LogP contribution in [0.5, 0.6) is 11.5 Å². The molecule has 1 heterocycles. The van der Waals surface area contributed by atoms with Crippen LogP contribution in [0.2, 0.25) is 0 Å². The molecule has 0 atom stereocenters. The van der Waals surface area contributed by atoms with Crippen LogP contribution in [0.3, 0.4) is 0 Å². The molecule has 178 valence electrons. The fourth-order valence-electron chi connectivity index (χ4n) is 4.21. The van der Waals surface area contributed by atoms with Crippen molar-refractivity contribution in [3.63, 3.8) is 0 Å². The minimum atomic E-state index is -1.26. The van der Waals surface area contributed by atoms with Crippen molar-refractivity contribution < 1.29 is 28.7 Å². The molecule has 2 aromatic carbocycles. The van der Waals surface area contributed by atoms with Crippen LogP contribution in [0, 0.1) is 0 Å². The van der Waals surface area contributed by atoms with Crippen LogP contribution in [0.4, 0.5) is 5.69 Å². The van der Waals surface area contributed by atoms with Crippen molar-refractivity contribution in [3.8, 4) is 11.5 Å². The van der Waals surface area contributed by atoms with Crippen LogP contribution in [0.1, 0.15) is 36.8 Å². The van der Waals surface area contributed by atoms with Crippen molar-refractivity contribution >= 4 is 35.4 Å². The molecule has 4 N–H and O–H groups in total. The topological polar surface area (TPSA) is 142 Å². The molecule has 0 saturated carbocycles. The Balaban J connectivity index is 1.97. The molecule has 9 nitrogen and oxygen atoms in total. The first-order valence-corrected chi connectivity index (χ1v) is 10.7. The first-order chi connectivity index (χ1) is 16.2. The molecule has 0 aromatic heterocycles. The summed E-state index contributed by atoms with van der Waals surface area (Å²) in [5.41, 5.74) is 11.1. The van der Waals surface area contributed by atoms with Gasteiger partial charge in [0.25, 0.3) is 5.91 Å². The zero-order chi connectivity index (χ0) is 24.9. The number of amides is 4. The minimum Gasteiger partial charge on any atom is -0.493 e. The van der Waals surface area contributed by atoms with E-state index in [0.717, 1.165) is 4.90 Å². The van der Waals surface area contributed by atoms with Crippen LogP contribution in [0.25, 0.3) is 6.08 Å². The van der Waals surface area contributed by atoms with Gasteiger partial charge >= 0.3 is 0 Å². The van der Waals surface area contributed by atoms with Gasteiger partial charge in [-0.25, -0.2) is 4.90 Å². The summed E-state index contributed by atoms with van der Waals surface area (Å²) in [5, 5.41) is 0. The number of methoxy groups -OCH3 is 2. The summed E-state index contributed by atoms with van der Waals surface area (Å²) in [7, 11) is 3.03. The summed E-state index contributed by atoms with van der Waals surface area (Å²) in [6.45, 7) is 0. The highest BCUT2D eigenvalue weighted by Gasteiger charge is 2.51. The van der Waals surface area contributed by atoms with Crippen LogP contribution < -0.4 is 25.8 Å². The number of fused-ring (bicyclic) bond motifs is 1. The van der Waals surface area contributed by atoms with E-state index in [-0.39, 0.29) is 25.7 Å². The molecule has 1 aliphatic rings. The number of nitrogens with two attached hydrogens (primary N) is 2. The molecular formula is C25H27N3O6. The van der Waals surface area contributed by atoms with Gasteiger partial charge in [-0.2, -0.15) is 0 Å². The summed E-state index contributed by atoms with van der Waals surface area (Å²) in [6, 6.07) is 12.0. The monoisotopic (exact) mass is 465 g/mol. The minimum absolute atomic E-state index is 0.0641.